The third-order valence-corrected chi connectivity index (χ3v) is 5.91. The Labute approximate surface area is 176 Å². The third kappa shape index (κ3) is 3.11. The van der Waals surface area contributed by atoms with Crippen molar-refractivity contribution in [2.24, 2.45) is 0 Å². The summed E-state index contributed by atoms with van der Waals surface area (Å²) in [7, 11) is 0. The number of esters is 1. The Morgan fingerprint density at radius 1 is 1.07 bits per heavy atom. The second-order valence-corrected chi connectivity index (χ2v) is 8.01. The third-order valence-electron chi connectivity index (χ3n) is 4.94. The first-order chi connectivity index (χ1) is 14.5. The van der Waals surface area contributed by atoms with E-state index in [0.29, 0.717) is 22.5 Å². The average Bonchev–Trinajstić information content (AvgIpc) is 3.40. The van der Waals surface area contributed by atoms with Crippen LogP contribution in [0.3, 0.4) is 0 Å². The summed E-state index contributed by atoms with van der Waals surface area (Å²) in [5.41, 5.74) is 2.86. The summed E-state index contributed by atoms with van der Waals surface area (Å²) in [6, 6.07) is 14.2. The van der Waals surface area contributed by atoms with Gasteiger partial charge in [0.05, 0.1) is 5.56 Å². The summed E-state index contributed by atoms with van der Waals surface area (Å²) in [5, 5.41) is 2.79. The lowest BCUT2D eigenvalue weighted by Crippen LogP contribution is -2.07. The summed E-state index contributed by atoms with van der Waals surface area (Å²) in [4.78, 5) is 26.3. The quantitative estimate of drug-likeness (QED) is 0.235. The van der Waals surface area contributed by atoms with E-state index >= 15 is 0 Å². The van der Waals surface area contributed by atoms with E-state index < -0.39 is 5.97 Å². The van der Waals surface area contributed by atoms with Crippen LogP contribution in [0.4, 0.5) is 0 Å². The lowest BCUT2D eigenvalue weighted by Gasteiger charge is -2.06. The van der Waals surface area contributed by atoms with E-state index in [9.17, 15) is 9.59 Å². The fourth-order valence-electron chi connectivity index (χ4n) is 3.43. The smallest absolute Gasteiger partial charge is 0.379 e. The summed E-state index contributed by atoms with van der Waals surface area (Å²) >= 11 is 1.54. The molecule has 2 aromatic heterocycles. The molecule has 148 valence electrons. The molecule has 5 rings (SSSR count). The maximum Gasteiger partial charge on any atom is 0.379 e. The molecule has 30 heavy (non-hydrogen) atoms. The summed E-state index contributed by atoms with van der Waals surface area (Å²) < 4.78 is 16.9. The largest absolute Gasteiger partial charge is 0.452 e. The van der Waals surface area contributed by atoms with Crippen LogP contribution in [0.1, 0.15) is 36.9 Å². The SMILES string of the molecule is Cc1ccsc1/C=C1\Oc2cc(OC(=O)c3cc4ccccc4o3)cc(C)c2C1=O. The second-order valence-electron chi connectivity index (χ2n) is 7.06. The molecule has 0 bridgehead atoms. The number of para-hydroxylation sites is 1. The number of ether oxygens (including phenoxy) is 2. The van der Waals surface area contributed by atoms with Crippen molar-refractivity contribution in [1.29, 1.82) is 0 Å². The van der Waals surface area contributed by atoms with E-state index in [1.807, 2.05) is 36.6 Å². The number of hydrogen-bond acceptors (Lipinski definition) is 6. The highest BCUT2D eigenvalue weighted by Crippen LogP contribution is 2.38. The molecule has 0 N–H and O–H groups in total. The Morgan fingerprint density at radius 2 is 1.90 bits per heavy atom. The van der Waals surface area contributed by atoms with Gasteiger partial charge in [-0.05, 0) is 54.6 Å². The molecule has 0 atom stereocenters. The van der Waals surface area contributed by atoms with Crippen molar-refractivity contribution in [1.82, 2.24) is 0 Å². The van der Waals surface area contributed by atoms with Gasteiger partial charge in [0.25, 0.3) is 0 Å². The van der Waals surface area contributed by atoms with Gasteiger partial charge in [-0.3, -0.25) is 4.79 Å². The number of ketones is 1. The van der Waals surface area contributed by atoms with Crippen LogP contribution in [-0.4, -0.2) is 11.8 Å². The molecule has 0 unspecified atom stereocenters. The van der Waals surface area contributed by atoms with Gasteiger partial charge in [-0.15, -0.1) is 11.3 Å². The molecule has 0 saturated heterocycles. The Balaban J connectivity index is 1.43. The zero-order valence-corrected chi connectivity index (χ0v) is 17.0. The number of allylic oxidation sites excluding steroid dienone is 1. The van der Waals surface area contributed by atoms with E-state index in [4.69, 9.17) is 13.9 Å². The first-order valence-electron chi connectivity index (χ1n) is 9.33. The number of fused-ring (bicyclic) bond motifs is 2. The summed E-state index contributed by atoms with van der Waals surface area (Å²) in [6.45, 7) is 3.77. The van der Waals surface area contributed by atoms with Gasteiger partial charge in [0.1, 0.15) is 17.1 Å². The lowest BCUT2D eigenvalue weighted by molar-refractivity contribution is 0.0703. The van der Waals surface area contributed by atoms with Gasteiger partial charge in [-0.25, -0.2) is 4.79 Å². The Hall–Kier alpha value is -3.64. The van der Waals surface area contributed by atoms with Crippen LogP contribution in [0, 0.1) is 13.8 Å². The highest BCUT2D eigenvalue weighted by molar-refractivity contribution is 7.11. The predicted molar refractivity (Wildman–Crippen MR) is 114 cm³/mol. The van der Waals surface area contributed by atoms with Crippen LogP contribution < -0.4 is 9.47 Å². The molecule has 0 aliphatic carbocycles. The van der Waals surface area contributed by atoms with Crippen molar-refractivity contribution in [2.75, 3.05) is 0 Å². The fraction of sp³-hybridized carbons (Fsp3) is 0.0833. The average molecular weight is 416 g/mol. The lowest BCUT2D eigenvalue weighted by atomic mass is 10.0. The zero-order valence-electron chi connectivity index (χ0n) is 16.2. The van der Waals surface area contributed by atoms with Crippen LogP contribution >= 0.6 is 11.3 Å². The zero-order chi connectivity index (χ0) is 20.8. The molecule has 3 heterocycles. The van der Waals surface area contributed by atoms with E-state index in [-0.39, 0.29) is 23.1 Å². The summed E-state index contributed by atoms with van der Waals surface area (Å²) in [6.07, 6.45) is 1.75. The number of furan rings is 1. The van der Waals surface area contributed by atoms with Gasteiger partial charge < -0.3 is 13.9 Å². The number of carbonyl (C=O) groups is 2. The molecule has 4 aromatic rings. The predicted octanol–water partition coefficient (Wildman–Crippen LogP) is 5.95. The Bertz CT molecular complexity index is 1320. The molecular formula is C24H16O5S. The van der Waals surface area contributed by atoms with Crippen LogP contribution in [0.5, 0.6) is 11.5 Å². The molecule has 5 nitrogen and oxygen atoms in total. The molecule has 6 heteroatoms. The highest BCUT2D eigenvalue weighted by atomic mass is 32.1. The van der Waals surface area contributed by atoms with Crippen LogP contribution in [0.2, 0.25) is 0 Å². The maximum absolute atomic E-state index is 12.8. The number of carbonyl (C=O) groups excluding carboxylic acids is 2. The fourth-order valence-corrected chi connectivity index (χ4v) is 4.28. The van der Waals surface area contributed by atoms with Gasteiger partial charge in [-0.2, -0.15) is 0 Å². The van der Waals surface area contributed by atoms with Gasteiger partial charge in [0.15, 0.2) is 5.76 Å². The minimum absolute atomic E-state index is 0.111. The molecule has 0 fully saturated rings. The number of hydrogen-bond donors (Lipinski definition) is 0. The van der Waals surface area contributed by atoms with Crippen molar-refractivity contribution in [3.8, 4) is 11.5 Å². The molecule has 0 spiro atoms. The van der Waals surface area contributed by atoms with E-state index in [0.717, 1.165) is 15.8 Å². The first-order valence-corrected chi connectivity index (χ1v) is 10.2. The topological polar surface area (TPSA) is 65.7 Å². The van der Waals surface area contributed by atoms with Crippen LogP contribution in [0.25, 0.3) is 17.0 Å². The number of aryl methyl sites for hydroxylation is 2. The molecule has 1 aliphatic rings. The standard InChI is InChI=1S/C24H16O5S/c1-13-7-8-30-21(13)12-19-23(25)22-14(2)9-16(11-18(22)29-19)27-24(26)20-10-15-5-3-4-6-17(15)28-20/h3-12H,1-2H3/b19-12-. The van der Waals surface area contributed by atoms with Crippen molar-refractivity contribution in [3.05, 3.63) is 87.0 Å². The van der Waals surface area contributed by atoms with E-state index in [1.54, 1.807) is 48.6 Å². The minimum Gasteiger partial charge on any atom is -0.452 e. The maximum atomic E-state index is 12.8. The van der Waals surface area contributed by atoms with Crippen molar-refractivity contribution >= 4 is 40.1 Å². The minimum atomic E-state index is -0.611. The summed E-state index contributed by atoms with van der Waals surface area (Å²) in [5.74, 6) is 0.260. The second kappa shape index (κ2) is 7.00. The van der Waals surface area contributed by atoms with Gasteiger partial charge in [0.2, 0.25) is 11.5 Å². The Morgan fingerprint density at radius 3 is 2.67 bits per heavy atom. The van der Waals surface area contributed by atoms with Gasteiger partial charge >= 0.3 is 5.97 Å². The first kappa shape index (κ1) is 18.4. The van der Waals surface area contributed by atoms with Gasteiger partial charge in [0, 0.05) is 22.4 Å². The molecule has 0 amide bonds. The number of benzene rings is 2. The molecule has 2 aromatic carbocycles. The molecule has 0 radical (unpaired) electrons. The monoisotopic (exact) mass is 416 g/mol. The van der Waals surface area contributed by atoms with Crippen LogP contribution in [0.15, 0.2) is 64.1 Å². The Kier molecular flexibility index (Phi) is 4.29. The van der Waals surface area contributed by atoms with Crippen molar-refractivity contribution in [3.63, 3.8) is 0 Å². The number of thiophene rings is 1. The van der Waals surface area contributed by atoms with E-state index in [2.05, 4.69) is 0 Å². The number of Topliss-reactive ketones (excluding diaryl/α,β-unsaturated/α-hetero) is 1. The highest BCUT2D eigenvalue weighted by Gasteiger charge is 2.30. The normalized spacial score (nSPS) is 14.2. The van der Waals surface area contributed by atoms with Gasteiger partial charge in [-0.1, -0.05) is 18.2 Å². The molecular weight excluding hydrogens is 400 g/mol. The van der Waals surface area contributed by atoms with E-state index in [1.165, 1.54) is 0 Å². The van der Waals surface area contributed by atoms with Crippen LogP contribution in [-0.2, 0) is 0 Å². The molecule has 0 saturated carbocycles. The van der Waals surface area contributed by atoms with Crippen molar-refractivity contribution < 1.29 is 23.5 Å². The van der Waals surface area contributed by atoms with Crippen molar-refractivity contribution in [2.45, 2.75) is 13.8 Å². The number of rotatable bonds is 3. The molecule has 1 aliphatic heterocycles.